The van der Waals surface area contributed by atoms with Crippen LogP contribution in [-0.4, -0.2) is 23.7 Å². The van der Waals surface area contributed by atoms with Gasteiger partial charge in [0.2, 0.25) is 0 Å². The maximum atomic E-state index is 10.8. The molecule has 3 N–H and O–H groups in total. The van der Waals surface area contributed by atoms with Crippen LogP contribution >= 0.6 is 11.3 Å². The zero-order valence-corrected chi connectivity index (χ0v) is 8.56. The summed E-state index contributed by atoms with van der Waals surface area (Å²) in [5, 5.41) is 8.90. The number of rotatable bonds is 1. The fourth-order valence-electron chi connectivity index (χ4n) is 1.57. The van der Waals surface area contributed by atoms with Gasteiger partial charge in [0.05, 0.1) is 0 Å². The van der Waals surface area contributed by atoms with Crippen molar-refractivity contribution in [2.45, 2.75) is 19.4 Å². The van der Waals surface area contributed by atoms with Gasteiger partial charge < -0.3 is 15.6 Å². The highest BCUT2D eigenvalue weighted by atomic mass is 32.1. The Hall–Kier alpha value is -1.07. The first-order valence-corrected chi connectivity index (χ1v) is 5.15. The molecule has 76 valence electrons. The standard InChI is InChI=1S/C9H11NO3S/c1-4-7-6(2-5(10)3-13-7)14-8(4)9(11)12/h5H,2-3,10H2,1H3,(H,11,12). The topological polar surface area (TPSA) is 72.5 Å². The summed E-state index contributed by atoms with van der Waals surface area (Å²) in [7, 11) is 0. The molecule has 2 rings (SSSR count). The SMILES string of the molecule is Cc1c(C(=O)O)sc2c1OCC(N)C2. The number of thiophene rings is 1. The van der Waals surface area contributed by atoms with Crippen molar-refractivity contribution in [1.82, 2.24) is 0 Å². The number of nitrogens with two attached hydrogens (primary N) is 1. The van der Waals surface area contributed by atoms with Crippen LogP contribution in [0, 0.1) is 6.92 Å². The molecule has 1 aliphatic heterocycles. The summed E-state index contributed by atoms with van der Waals surface area (Å²) in [4.78, 5) is 12.2. The van der Waals surface area contributed by atoms with Gasteiger partial charge in [-0.3, -0.25) is 0 Å². The van der Waals surface area contributed by atoms with Gasteiger partial charge >= 0.3 is 5.97 Å². The van der Waals surface area contributed by atoms with E-state index >= 15 is 0 Å². The Labute approximate surface area is 85.3 Å². The number of fused-ring (bicyclic) bond motifs is 1. The molecule has 4 nitrogen and oxygen atoms in total. The number of carbonyl (C=O) groups is 1. The van der Waals surface area contributed by atoms with Crippen LogP contribution in [0.15, 0.2) is 0 Å². The molecule has 1 atom stereocenters. The molecule has 5 heteroatoms. The molecular formula is C9H11NO3S. The highest BCUT2D eigenvalue weighted by Gasteiger charge is 2.25. The normalized spacial score (nSPS) is 20.0. The van der Waals surface area contributed by atoms with Crippen LogP contribution < -0.4 is 10.5 Å². The first kappa shape index (κ1) is 9.48. The fourth-order valence-corrected chi connectivity index (χ4v) is 2.75. The maximum Gasteiger partial charge on any atom is 0.346 e. The van der Waals surface area contributed by atoms with E-state index in [1.807, 2.05) is 0 Å². The highest BCUT2D eigenvalue weighted by molar-refractivity contribution is 7.14. The quantitative estimate of drug-likeness (QED) is 0.730. The second-order valence-electron chi connectivity index (χ2n) is 3.39. The number of carboxylic acid groups (broad SMARTS) is 1. The van der Waals surface area contributed by atoms with Crippen LogP contribution in [-0.2, 0) is 6.42 Å². The van der Waals surface area contributed by atoms with E-state index in [-0.39, 0.29) is 6.04 Å². The molecule has 0 fully saturated rings. The molecule has 0 saturated heterocycles. The van der Waals surface area contributed by atoms with Gasteiger partial charge in [0.15, 0.2) is 0 Å². The zero-order valence-electron chi connectivity index (χ0n) is 7.74. The van der Waals surface area contributed by atoms with E-state index < -0.39 is 5.97 Å². The lowest BCUT2D eigenvalue weighted by Gasteiger charge is -2.19. The fraction of sp³-hybridized carbons (Fsp3) is 0.444. The average Bonchev–Trinajstić information content (AvgIpc) is 2.43. The van der Waals surface area contributed by atoms with Gasteiger partial charge in [0.25, 0.3) is 0 Å². The van der Waals surface area contributed by atoms with E-state index in [0.29, 0.717) is 17.9 Å². The van der Waals surface area contributed by atoms with Gasteiger partial charge in [-0.15, -0.1) is 11.3 Å². The van der Waals surface area contributed by atoms with E-state index in [2.05, 4.69) is 0 Å². The van der Waals surface area contributed by atoms with Gasteiger partial charge in [0.1, 0.15) is 17.2 Å². The van der Waals surface area contributed by atoms with Crippen LogP contribution in [0.2, 0.25) is 0 Å². The van der Waals surface area contributed by atoms with E-state index in [1.165, 1.54) is 11.3 Å². The summed E-state index contributed by atoms with van der Waals surface area (Å²) in [6.07, 6.45) is 0.716. The summed E-state index contributed by atoms with van der Waals surface area (Å²) in [6, 6.07) is -0.0119. The molecule has 1 aromatic heterocycles. The molecule has 0 spiro atoms. The number of hydrogen-bond acceptors (Lipinski definition) is 4. The van der Waals surface area contributed by atoms with Gasteiger partial charge in [-0.05, 0) is 6.92 Å². The Bertz CT molecular complexity index is 386. The van der Waals surface area contributed by atoms with Crippen LogP contribution in [0.5, 0.6) is 5.75 Å². The first-order chi connectivity index (χ1) is 6.59. The second kappa shape index (κ2) is 3.25. The molecule has 1 aromatic rings. The van der Waals surface area contributed by atoms with Crippen LogP contribution in [0.4, 0.5) is 0 Å². The molecular weight excluding hydrogens is 202 g/mol. The number of aromatic carboxylic acids is 1. The Kier molecular flexibility index (Phi) is 2.20. The minimum Gasteiger partial charge on any atom is -0.490 e. The van der Waals surface area contributed by atoms with Crippen LogP contribution in [0.3, 0.4) is 0 Å². The lowest BCUT2D eigenvalue weighted by molar-refractivity contribution is 0.0701. The van der Waals surface area contributed by atoms with E-state index in [9.17, 15) is 4.79 Å². The van der Waals surface area contributed by atoms with Crippen molar-refractivity contribution in [3.05, 3.63) is 15.3 Å². The molecule has 0 aromatic carbocycles. The van der Waals surface area contributed by atoms with E-state index in [1.54, 1.807) is 6.92 Å². The van der Waals surface area contributed by atoms with Gasteiger partial charge in [-0.1, -0.05) is 0 Å². The molecule has 2 heterocycles. The van der Waals surface area contributed by atoms with E-state index in [0.717, 1.165) is 16.2 Å². The predicted molar refractivity (Wildman–Crippen MR) is 53.2 cm³/mol. The molecule has 0 bridgehead atoms. The molecule has 0 amide bonds. The molecule has 0 aliphatic carbocycles. The third-order valence-corrected chi connectivity index (χ3v) is 3.53. The average molecular weight is 213 g/mol. The molecule has 1 aliphatic rings. The number of ether oxygens (including phenoxy) is 1. The Morgan fingerprint density at radius 2 is 2.43 bits per heavy atom. The van der Waals surface area contributed by atoms with Crippen LogP contribution in [0.25, 0.3) is 0 Å². The highest BCUT2D eigenvalue weighted by Crippen LogP contribution is 2.37. The second-order valence-corrected chi connectivity index (χ2v) is 4.49. The third-order valence-electron chi connectivity index (χ3n) is 2.24. The van der Waals surface area contributed by atoms with Crippen molar-refractivity contribution in [3.63, 3.8) is 0 Å². The summed E-state index contributed by atoms with van der Waals surface area (Å²) in [5.41, 5.74) is 6.45. The largest absolute Gasteiger partial charge is 0.490 e. The maximum absolute atomic E-state index is 10.8. The molecule has 0 radical (unpaired) electrons. The van der Waals surface area contributed by atoms with Gasteiger partial charge in [-0.25, -0.2) is 4.79 Å². The minimum atomic E-state index is -0.890. The predicted octanol–water partition coefficient (Wildman–Crippen LogP) is 1.02. The number of carboxylic acids is 1. The van der Waals surface area contributed by atoms with Crippen molar-refractivity contribution >= 4 is 17.3 Å². The van der Waals surface area contributed by atoms with E-state index in [4.69, 9.17) is 15.6 Å². The Morgan fingerprint density at radius 1 is 1.71 bits per heavy atom. The third kappa shape index (κ3) is 1.38. The molecule has 1 unspecified atom stereocenters. The van der Waals surface area contributed by atoms with Crippen molar-refractivity contribution in [3.8, 4) is 5.75 Å². The molecule has 14 heavy (non-hydrogen) atoms. The summed E-state index contributed by atoms with van der Waals surface area (Å²) in [5.74, 6) is -0.159. The monoisotopic (exact) mass is 213 g/mol. The van der Waals surface area contributed by atoms with Crippen molar-refractivity contribution in [1.29, 1.82) is 0 Å². The van der Waals surface area contributed by atoms with Gasteiger partial charge in [0, 0.05) is 22.9 Å². The Balaban J connectivity index is 2.45. The summed E-state index contributed by atoms with van der Waals surface area (Å²) < 4.78 is 5.42. The van der Waals surface area contributed by atoms with Gasteiger partial charge in [-0.2, -0.15) is 0 Å². The summed E-state index contributed by atoms with van der Waals surface area (Å²) in [6.45, 7) is 2.25. The lowest BCUT2D eigenvalue weighted by Crippen LogP contribution is -2.33. The molecule has 0 saturated carbocycles. The Morgan fingerprint density at radius 3 is 3.07 bits per heavy atom. The lowest BCUT2D eigenvalue weighted by atomic mass is 10.1. The first-order valence-electron chi connectivity index (χ1n) is 4.33. The van der Waals surface area contributed by atoms with Crippen molar-refractivity contribution < 1.29 is 14.6 Å². The van der Waals surface area contributed by atoms with Crippen LogP contribution in [0.1, 0.15) is 20.1 Å². The zero-order chi connectivity index (χ0) is 10.3. The smallest absolute Gasteiger partial charge is 0.346 e. The minimum absolute atomic E-state index is 0.0119. The summed E-state index contributed by atoms with van der Waals surface area (Å²) >= 11 is 1.27. The number of hydrogen-bond donors (Lipinski definition) is 2. The van der Waals surface area contributed by atoms with Crippen molar-refractivity contribution in [2.24, 2.45) is 5.73 Å². The van der Waals surface area contributed by atoms with Crippen molar-refractivity contribution in [2.75, 3.05) is 6.61 Å².